The lowest BCUT2D eigenvalue weighted by Gasteiger charge is -2.34. The molecule has 22 heavy (non-hydrogen) atoms. The van der Waals surface area contributed by atoms with Crippen molar-refractivity contribution in [2.24, 2.45) is 5.92 Å². The molecule has 1 amide bonds. The van der Waals surface area contributed by atoms with Gasteiger partial charge in [0.1, 0.15) is 0 Å². The fraction of sp³-hybridized carbons (Fsp3) is 0.938. The lowest BCUT2D eigenvalue weighted by Crippen LogP contribution is -2.46. The fourth-order valence-corrected chi connectivity index (χ4v) is 3.64. The minimum absolute atomic E-state index is 0. The molecule has 0 aliphatic carbocycles. The third kappa shape index (κ3) is 5.88. The van der Waals surface area contributed by atoms with Gasteiger partial charge in [-0.3, -0.25) is 9.69 Å². The number of likely N-dealkylation sites (tertiary alicyclic amines) is 2. The van der Waals surface area contributed by atoms with Crippen LogP contribution in [0.15, 0.2) is 0 Å². The highest BCUT2D eigenvalue weighted by atomic mass is 35.5. The van der Waals surface area contributed by atoms with Crippen LogP contribution in [0.25, 0.3) is 0 Å². The van der Waals surface area contributed by atoms with Crippen molar-refractivity contribution in [3.8, 4) is 0 Å². The molecule has 2 aliphatic rings. The van der Waals surface area contributed by atoms with E-state index in [4.69, 9.17) is 0 Å². The van der Waals surface area contributed by atoms with Crippen molar-refractivity contribution in [1.82, 2.24) is 15.1 Å². The predicted molar refractivity (Wildman–Crippen MR) is 97.2 cm³/mol. The Labute approximate surface area is 148 Å². The van der Waals surface area contributed by atoms with E-state index >= 15 is 0 Å². The molecule has 132 valence electrons. The van der Waals surface area contributed by atoms with Crippen molar-refractivity contribution < 1.29 is 4.79 Å². The molecule has 2 heterocycles. The minimum Gasteiger partial charge on any atom is -0.342 e. The highest BCUT2D eigenvalue weighted by Crippen LogP contribution is 2.24. The zero-order valence-corrected chi connectivity index (χ0v) is 15.8. The Hall–Kier alpha value is -0.0300. The second-order valence-corrected chi connectivity index (χ2v) is 6.66. The smallest absolute Gasteiger partial charge is 0.236 e. The molecule has 0 aromatic heterocycles. The molecule has 2 fully saturated rings. The average molecular weight is 354 g/mol. The summed E-state index contributed by atoms with van der Waals surface area (Å²) in [6.07, 6.45) is 6.08. The predicted octanol–water partition coefficient (Wildman–Crippen LogP) is 2.55. The van der Waals surface area contributed by atoms with Crippen molar-refractivity contribution in [1.29, 1.82) is 0 Å². The lowest BCUT2D eigenvalue weighted by molar-refractivity contribution is -0.134. The van der Waals surface area contributed by atoms with Crippen LogP contribution in [-0.2, 0) is 4.79 Å². The second kappa shape index (κ2) is 10.7. The molecule has 2 unspecified atom stereocenters. The van der Waals surface area contributed by atoms with E-state index in [1.54, 1.807) is 0 Å². The number of hydrogen-bond donors (Lipinski definition) is 1. The van der Waals surface area contributed by atoms with Crippen LogP contribution in [0.5, 0.6) is 0 Å². The molecule has 2 saturated heterocycles. The van der Waals surface area contributed by atoms with E-state index in [-0.39, 0.29) is 24.8 Å². The third-order valence-electron chi connectivity index (χ3n) is 5.22. The second-order valence-electron chi connectivity index (χ2n) is 6.66. The van der Waals surface area contributed by atoms with Crippen molar-refractivity contribution in [2.75, 3.05) is 33.2 Å². The number of nitrogens with zero attached hydrogens (tertiary/aromatic N) is 2. The van der Waals surface area contributed by atoms with E-state index in [2.05, 4.69) is 29.0 Å². The molecule has 0 radical (unpaired) electrons. The lowest BCUT2D eigenvalue weighted by atomic mass is 9.93. The topological polar surface area (TPSA) is 35.6 Å². The van der Waals surface area contributed by atoms with E-state index in [9.17, 15) is 4.79 Å². The number of nitrogens with one attached hydrogen (secondary N) is 1. The molecule has 2 aliphatic heterocycles. The van der Waals surface area contributed by atoms with Crippen LogP contribution in [-0.4, -0.2) is 61.0 Å². The number of rotatable bonds is 5. The molecule has 0 saturated carbocycles. The molecule has 0 aromatic carbocycles. The first-order chi connectivity index (χ1) is 9.61. The number of halogens is 2. The van der Waals surface area contributed by atoms with E-state index in [0.29, 0.717) is 24.5 Å². The van der Waals surface area contributed by atoms with E-state index in [0.717, 1.165) is 25.6 Å². The quantitative estimate of drug-likeness (QED) is 0.824. The van der Waals surface area contributed by atoms with E-state index in [1.165, 1.54) is 32.1 Å². The summed E-state index contributed by atoms with van der Waals surface area (Å²) in [5, 5.41) is 3.22. The van der Waals surface area contributed by atoms with Gasteiger partial charge < -0.3 is 10.2 Å². The zero-order chi connectivity index (χ0) is 14.5. The molecule has 6 heteroatoms. The number of amides is 1. The standard InChI is InChI=1S/C16H31N3O.2ClH/c1-13-4-5-14(2)19(13)12-16(20)18-10-7-15(8-11-18)6-9-17-3;;/h13-15,17H,4-12H2,1-3H3;2*1H. The van der Waals surface area contributed by atoms with E-state index < -0.39 is 0 Å². The SMILES string of the molecule is CNCCC1CCN(C(=O)CN2C(C)CCC2C)CC1.Cl.Cl. The molecule has 4 nitrogen and oxygen atoms in total. The van der Waals surface area contributed by atoms with Gasteiger partial charge in [-0.25, -0.2) is 0 Å². The van der Waals surface area contributed by atoms with Crippen LogP contribution in [0.1, 0.15) is 46.0 Å². The third-order valence-corrected chi connectivity index (χ3v) is 5.22. The summed E-state index contributed by atoms with van der Waals surface area (Å²) in [6.45, 7) is 8.15. The average Bonchev–Trinajstić information content (AvgIpc) is 2.77. The Morgan fingerprint density at radius 3 is 2.09 bits per heavy atom. The number of carbonyl (C=O) groups is 1. The van der Waals surface area contributed by atoms with Crippen molar-refractivity contribution in [3.05, 3.63) is 0 Å². The fourth-order valence-electron chi connectivity index (χ4n) is 3.64. The van der Waals surface area contributed by atoms with Crippen molar-refractivity contribution in [3.63, 3.8) is 0 Å². The van der Waals surface area contributed by atoms with Gasteiger partial charge in [0.05, 0.1) is 6.54 Å². The summed E-state index contributed by atoms with van der Waals surface area (Å²) >= 11 is 0. The Morgan fingerprint density at radius 2 is 1.59 bits per heavy atom. The van der Waals surface area contributed by atoms with Crippen molar-refractivity contribution in [2.45, 2.75) is 58.0 Å². The number of carbonyl (C=O) groups excluding carboxylic acids is 1. The molecule has 2 atom stereocenters. The van der Waals surface area contributed by atoms with Crippen LogP contribution in [0, 0.1) is 5.92 Å². The van der Waals surface area contributed by atoms with Gasteiger partial charge in [0, 0.05) is 25.2 Å². The largest absolute Gasteiger partial charge is 0.342 e. The van der Waals surface area contributed by atoms with Crippen LogP contribution in [0.2, 0.25) is 0 Å². The number of hydrogen-bond acceptors (Lipinski definition) is 3. The first-order valence-electron chi connectivity index (χ1n) is 8.30. The molecule has 0 spiro atoms. The molecule has 2 rings (SSSR count). The zero-order valence-electron chi connectivity index (χ0n) is 14.2. The van der Waals surface area contributed by atoms with Gasteiger partial charge in [-0.2, -0.15) is 0 Å². The molecule has 1 N–H and O–H groups in total. The Morgan fingerprint density at radius 1 is 1.05 bits per heavy atom. The summed E-state index contributed by atoms with van der Waals surface area (Å²) < 4.78 is 0. The Bertz CT molecular complexity index is 313. The summed E-state index contributed by atoms with van der Waals surface area (Å²) in [5.41, 5.74) is 0. The maximum absolute atomic E-state index is 12.4. The maximum Gasteiger partial charge on any atom is 0.236 e. The molecular weight excluding hydrogens is 321 g/mol. The first kappa shape index (κ1) is 22.0. The van der Waals surface area contributed by atoms with Gasteiger partial charge in [0.15, 0.2) is 0 Å². The maximum atomic E-state index is 12.4. The monoisotopic (exact) mass is 353 g/mol. The Kier molecular flexibility index (Phi) is 10.7. The minimum atomic E-state index is 0. The van der Waals surface area contributed by atoms with Gasteiger partial charge >= 0.3 is 0 Å². The van der Waals surface area contributed by atoms with Crippen LogP contribution in [0.3, 0.4) is 0 Å². The van der Waals surface area contributed by atoms with Gasteiger partial charge in [0.2, 0.25) is 5.91 Å². The highest BCUT2D eigenvalue weighted by Gasteiger charge is 2.31. The van der Waals surface area contributed by atoms with Crippen LogP contribution >= 0.6 is 24.8 Å². The van der Waals surface area contributed by atoms with Gasteiger partial charge in [0.25, 0.3) is 0 Å². The van der Waals surface area contributed by atoms with Crippen LogP contribution < -0.4 is 5.32 Å². The highest BCUT2D eigenvalue weighted by molar-refractivity contribution is 5.85. The summed E-state index contributed by atoms with van der Waals surface area (Å²) in [5.74, 6) is 1.15. The molecule has 0 aromatic rings. The van der Waals surface area contributed by atoms with Gasteiger partial charge in [-0.15, -0.1) is 24.8 Å². The molecular formula is C16H33Cl2N3O. The van der Waals surface area contributed by atoms with Crippen LogP contribution in [0.4, 0.5) is 0 Å². The Balaban J connectivity index is 0.00000220. The van der Waals surface area contributed by atoms with Gasteiger partial charge in [-0.1, -0.05) is 0 Å². The van der Waals surface area contributed by atoms with Crippen molar-refractivity contribution >= 4 is 30.7 Å². The summed E-state index contributed by atoms with van der Waals surface area (Å²) in [6, 6.07) is 1.14. The number of piperidine rings is 1. The van der Waals surface area contributed by atoms with E-state index in [1.807, 2.05) is 7.05 Å². The van der Waals surface area contributed by atoms with Gasteiger partial charge in [-0.05, 0) is 65.5 Å². The molecule has 0 bridgehead atoms. The first-order valence-corrected chi connectivity index (χ1v) is 8.30. The summed E-state index contributed by atoms with van der Waals surface area (Å²) in [7, 11) is 2.01. The normalized spacial score (nSPS) is 26.4. The summed E-state index contributed by atoms with van der Waals surface area (Å²) in [4.78, 5) is 16.9.